The van der Waals surface area contributed by atoms with Gasteiger partial charge in [0.05, 0.1) is 12.9 Å². The number of carbonyl (C=O) groups is 1. The van der Waals surface area contributed by atoms with E-state index in [4.69, 9.17) is 9.15 Å². The molecule has 0 radical (unpaired) electrons. The number of urea groups is 1. The Morgan fingerprint density at radius 3 is 2.82 bits per heavy atom. The number of rotatable bonds is 6. The number of hydrogen-bond acceptors (Lipinski definition) is 4. The number of ether oxygens (including phenoxy) is 1. The van der Waals surface area contributed by atoms with E-state index in [2.05, 4.69) is 10.2 Å². The van der Waals surface area contributed by atoms with Gasteiger partial charge in [-0.1, -0.05) is 12.1 Å². The van der Waals surface area contributed by atoms with Crippen molar-refractivity contribution in [3.8, 4) is 0 Å². The van der Waals surface area contributed by atoms with E-state index in [9.17, 15) is 4.79 Å². The molecule has 150 valence electrons. The molecule has 2 saturated heterocycles. The summed E-state index contributed by atoms with van der Waals surface area (Å²) in [5.74, 6) is 0.808. The molecule has 0 saturated carbocycles. The standard InChI is InChI=1S/C22H29N3O3/c26-22(25-12-4-8-20(15-25)24-10-1-2-11-24)23-19-7-3-6-18(14-19)16-27-17-21-9-5-13-28-21/h3,5-7,9,13-14,20H,1-2,4,8,10-12,15-17H2,(H,23,26). The van der Waals surface area contributed by atoms with Gasteiger partial charge in [0.1, 0.15) is 12.4 Å². The molecule has 2 aliphatic heterocycles. The van der Waals surface area contributed by atoms with Crippen molar-refractivity contribution in [2.75, 3.05) is 31.5 Å². The normalized spacial score (nSPS) is 20.4. The van der Waals surface area contributed by atoms with E-state index >= 15 is 0 Å². The predicted molar refractivity (Wildman–Crippen MR) is 108 cm³/mol. The Morgan fingerprint density at radius 2 is 2.00 bits per heavy atom. The van der Waals surface area contributed by atoms with E-state index in [1.54, 1.807) is 6.26 Å². The highest BCUT2D eigenvalue weighted by Gasteiger charge is 2.29. The van der Waals surface area contributed by atoms with Crippen LogP contribution < -0.4 is 5.32 Å². The molecule has 2 aromatic rings. The third-order valence-corrected chi connectivity index (χ3v) is 5.61. The van der Waals surface area contributed by atoms with Gasteiger partial charge in [-0.3, -0.25) is 4.90 Å². The van der Waals surface area contributed by atoms with Crippen LogP contribution in [-0.2, 0) is 18.0 Å². The number of nitrogens with one attached hydrogen (secondary N) is 1. The van der Waals surface area contributed by atoms with Crippen LogP contribution in [0.3, 0.4) is 0 Å². The predicted octanol–water partition coefficient (Wildman–Crippen LogP) is 4.09. The molecule has 4 rings (SSSR count). The molecule has 28 heavy (non-hydrogen) atoms. The van der Waals surface area contributed by atoms with Crippen LogP contribution in [-0.4, -0.2) is 48.1 Å². The Bertz CT molecular complexity index is 756. The van der Waals surface area contributed by atoms with E-state index in [1.165, 1.54) is 32.4 Å². The maximum Gasteiger partial charge on any atom is 0.321 e. The molecule has 1 aromatic carbocycles. The number of benzene rings is 1. The number of furan rings is 1. The van der Waals surface area contributed by atoms with Gasteiger partial charge in [-0.2, -0.15) is 0 Å². The number of amides is 2. The average molecular weight is 383 g/mol. The van der Waals surface area contributed by atoms with Gasteiger partial charge in [-0.25, -0.2) is 4.79 Å². The van der Waals surface area contributed by atoms with Gasteiger partial charge >= 0.3 is 6.03 Å². The molecular formula is C22H29N3O3. The van der Waals surface area contributed by atoms with Crippen LogP contribution in [0.1, 0.15) is 37.0 Å². The van der Waals surface area contributed by atoms with Crippen LogP contribution in [0.5, 0.6) is 0 Å². The SMILES string of the molecule is O=C(Nc1cccc(COCc2ccco2)c1)N1CCCC(N2CCCC2)C1. The maximum atomic E-state index is 12.8. The second-order valence-electron chi connectivity index (χ2n) is 7.69. The lowest BCUT2D eigenvalue weighted by atomic mass is 10.0. The second-order valence-corrected chi connectivity index (χ2v) is 7.69. The van der Waals surface area contributed by atoms with Crippen LogP contribution in [0.25, 0.3) is 0 Å². The van der Waals surface area contributed by atoms with Gasteiger partial charge in [0, 0.05) is 24.8 Å². The van der Waals surface area contributed by atoms with Gasteiger partial charge in [-0.15, -0.1) is 0 Å². The summed E-state index contributed by atoms with van der Waals surface area (Å²) in [6.07, 6.45) is 6.50. The van der Waals surface area contributed by atoms with Crippen molar-refractivity contribution >= 4 is 11.7 Å². The largest absolute Gasteiger partial charge is 0.467 e. The first-order valence-corrected chi connectivity index (χ1v) is 10.3. The van der Waals surface area contributed by atoms with E-state index < -0.39 is 0 Å². The highest BCUT2D eigenvalue weighted by molar-refractivity contribution is 5.89. The van der Waals surface area contributed by atoms with Gasteiger partial charge in [0.15, 0.2) is 0 Å². The van der Waals surface area contributed by atoms with Gasteiger partial charge in [0.2, 0.25) is 0 Å². The summed E-state index contributed by atoms with van der Waals surface area (Å²) in [5, 5.41) is 3.06. The quantitative estimate of drug-likeness (QED) is 0.816. The van der Waals surface area contributed by atoms with Crippen LogP contribution in [0.4, 0.5) is 10.5 Å². The van der Waals surface area contributed by atoms with Crippen LogP contribution in [0.2, 0.25) is 0 Å². The Balaban J connectivity index is 1.28. The van der Waals surface area contributed by atoms with Crippen molar-refractivity contribution in [2.24, 2.45) is 0 Å². The summed E-state index contributed by atoms with van der Waals surface area (Å²) in [5.41, 5.74) is 1.84. The second kappa shape index (κ2) is 9.26. The first kappa shape index (κ1) is 19.0. The fourth-order valence-electron chi connectivity index (χ4n) is 4.15. The lowest BCUT2D eigenvalue weighted by Crippen LogP contribution is -2.50. The molecule has 1 atom stereocenters. The van der Waals surface area contributed by atoms with Crippen molar-refractivity contribution in [3.63, 3.8) is 0 Å². The van der Waals surface area contributed by atoms with E-state index in [0.717, 1.165) is 36.5 Å². The zero-order valence-electron chi connectivity index (χ0n) is 16.3. The highest BCUT2D eigenvalue weighted by atomic mass is 16.5. The number of nitrogens with zero attached hydrogens (tertiary/aromatic N) is 2. The lowest BCUT2D eigenvalue weighted by molar-refractivity contribution is 0.0930. The third-order valence-electron chi connectivity index (χ3n) is 5.61. The summed E-state index contributed by atoms with van der Waals surface area (Å²) in [4.78, 5) is 17.3. The zero-order chi connectivity index (χ0) is 19.2. The highest BCUT2D eigenvalue weighted by Crippen LogP contribution is 2.21. The molecule has 0 bridgehead atoms. The molecule has 1 aromatic heterocycles. The van der Waals surface area contributed by atoms with Crippen molar-refractivity contribution < 1.29 is 13.9 Å². The number of carbonyl (C=O) groups excluding carboxylic acids is 1. The molecule has 2 aliphatic rings. The molecule has 6 heteroatoms. The van der Waals surface area contributed by atoms with Crippen molar-refractivity contribution in [1.29, 1.82) is 0 Å². The van der Waals surface area contributed by atoms with E-state index in [-0.39, 0.29) is 6.03 Å². The van der Waals surface area contributed by atoms with Crippen molar-refractivity contribution in [1.82, 2.24) is 9.80 Å². The summed E-state index contributed by atoms with van der Waals surface area (Å²) in [6.45, 7) is 4.95. The molecule has 1 unspecified atom stereocenters. The molecular weight excluding hydrogens is 354 g/mol. The Hall–Kier alpha value is -2.31. The fourth-order valence-corrected chi connectivity index (χ4v) is 4.15. The molecule has 1 N–H and O–H groups in total. The van der Waals surface area contributed by atoms with Crippen LogP contribution in [0.15, 0.2) is 47.1 Å². The van der Waals surface area contributed by atoms with Gasteiger partial charge in [0.25, 0.3) is 0 Å². The molecule has 0 spiro atoms. The minimum absolute atomic E-state index is 0.00227. The minimum atomic E-state index is -0.00227. The third kappa shape index (κ3) is 4.94. The number of hydrogen-bond donors (Lipinski definition) is 1. The molecule has 6 nitrogen and oxygen atoms in total. The first-order chi connectivity index (χ1) is 13.8. The topological polar surface area (TPSA) is 58.0 Å². The van der Waals surface area contributed by atoms with Crippen molar-refractivity contribution in [2.45, 2.75) is 44.9 Å². The smallest absolute Gasteiger partial charge is 0.321 e. The van der Waals surface area contributed by atoms with Crippen LogP contribution >= 0.6 is 0 Å². The molecule has 0 aliphatic carbocycles. The number of likely N-dealkylation sites (tertiary alicyclic amines) is 2. The fraction of sp³-hybridized carbons (Fsp3) is 0.500. The summed E-state index contributed by atoms with van der Waals surface area (Å²) >= 11 is 0. The Labute approximate surface area is 166 Å². The summed E-state index contributed by atoms with van der Waals surface area (Å²) < 4.78 is 11.0. The maximum absolute atomic E-state index is 12.8. The Kier molecular flexibility index (Phi) is 6.29. The monoisotopic (exact) mass is 383 g/mol. The first-order valence-electron chi connectivity index (χ1n) is 10.3. The summed E-state index contributed by atoms with van der Waals surface area (Å²) in [6, 6.07) is 12.1. The average Bonchev–Trinajstić information content (AvgIpc) is 3.43. The van der Waals surface area contributed by atoms with Gasteiger partial charge in [-0.05, 0) is 68.6 Å². The zero-order valence-corrected chi connectivity index (χ0v) is 16.3. The van der Waals surface area contributed by atoms with Crippen molar-refractivity contribution in [3.05, 3.63) is 54.0 Å². The van der Waals surface area contributed by atoms with E-state index in [0.29, 0.717) is 19.3 Å². The number of anilines is 1. The molecule has 2 fully saturated rings. The molecule has 3 heterocycles. The Morgan fingerprint density at radius 1 is 1.11 bits per heavy atom. The van der Waals surface area contributed by atoms with E-state index in [1.807, 2.05) is 41.3 Å². The van der Waals surface area contributed by atoms with Gasteiger partial charge < -0.3 is 19.4 Å². The minimum Gasteiger partial charge on any atom is -0.467 e. The summed E-state index contributed by atoms with van der Waals surface area (Å²) in [7, 11) is 0. The van der Waals surface area contributed by atoms with Crippen LogP contribution in [0, 0.1) is 0 Å². The number of piperidine rings is 1. The molecule has 2 amide bonds. The lowest BCUT2D eigenvalue weighted by Gasteiger charge is -2.37.